The van der Waals surface area contributed by atoms with Crippen molar-refractivity contribution >= 4 is 5.57 Å². The number of hydrogen-bond donors (Lipinski definition) is 3. The minimum atomic E-state index is -4.46. The minimum Gasteiger partial charge on any atom is -0.497 e. The van der Waals surface area contributed by atoms with E-state index in [-0.39, 0.29) is 5.56 Å². The van der Waals surface area contributed by atoms with E-state index in [9.17, 15) is 13.2 Å². The van der Waals surface area contributed by atoms with Crippen LogP contribution in [0, 0.1) is 0 Å². The summed E-state index contributed by atoms with van der Waals surface area (Å²) in [5.41, 5.74) is 10.9. The molecule has 0 spiro atoms. The van der Waals surface area contributed by atoms with Gasteiger partial charge in [0.2, 0.25) is 0 Å². The summed E-state index contributed by atoms with van der Waals surface area (Å²) in [4.78, 5) is 0. The Kier molecular flexibility index (Phi) is 4.24. The van der Waals surface area contributed by atoms with Gasteiger partial charge >= 0.3 is 6.18 Å². The first-order valence-electron chi connectivity index (χ1n) is 6.24. The van der Waals surface area contributed by atoms with Crippen molar-refractivity contribution in [3.05, 3.63) is 47.7 Å². The van der Waals surface area contributed by atoms with Crippen molar-refractivity contribution < 1.29 is 17.9 Å². The molecule has 0 amide bonds. The predicted octanol–water partition coefficient (Wildman–Crippen LogP) is 1.83. The lowest BCUT2D eigenvalue weighted by Gasteiger charge is -2.23. The Labute approximate surface area is 120 Å². The number of alkyl halides is 3. The molecule has 4 nitrogen and oxygen atoms in total. The van der Waals surface area contributed by atoms with Gasteiger partial charge in [-0.2, -0.15) is 13.2 Å². The third kappa shape index (κ3) is 3.37. The highest BCUT2D eigenvalue weighted by molar-refractivity contribution is 5.78. The first kappa shape index (κ1) is 15.4. The van der Waals surface area contributed by atoms with Gasteiger partial charge in [0.1, 0.15) is 5.75 Å². The summed E-state index contributed by atoms with van der Waals surface area (Å²) >= 11 is 0. The summed E-state index contributed by atoms with van der Waals surface area (Å²) < 4.78 is 44.4. The average molecular weight is 299 g/mol. The van der Waals surface area contributed by atoms with Crippen molar-refractivity contribution in [2.24, 2.45) is 11.5 Å². The Hall–Kier alpha value is -1.99. The Morgan fingerprint density at radius 1 is 1.29 bits per heavy atom. The third-order valence-corrected chi connectivity index (χ3v) is 3.17. The summed E-state index contributed by atoms with van der Waals surface area (Å²) in [7, 11) is 1.40. The molecular formula is C14H16F3N3O. The lowest BCUT2D eigenvalue weighted by atomic mass is 9.95. The number of methoxy groups -OCH3 is 1. The number of rotatable bonds is 3. The van der Waals surface area contributed by atoms with Crippen LogP contribution in [0.15, 0.2) is 36.6 Å². The number of ether oxygens (including phenoxy) is 1. The van der Waals surface area contributed by atoms with Crippen molar-refractivity contribution in [1.82, 2.24) is 5.32 Å². The second-order valence-corrected chi connectivity index (χ2v) is 4.63. The fraction of sp³-hybridized carbons (Fsp3) is 0.286. The average Bonchev–Trinajstić information content (AvgIpc) is 2.45. The molecule has 1 atom stereocenters. The third-order valence-electron chi connectivity index (χ3n) is 3.17. The molecule has 1 unspecified atom stereocenters. The molecule has 2 rings (SSSR count). The smallest absolute Gasteiger partial charge is 0.417 e. The molecule has 1 aliphatic rings. The first-order valence-corrected chi connectivity index (χ1v) is 6.24. The monoisotopic (exact) mass is 299 g/mol. The van der Waals surface area contributed by atoms with Crippen LogP contribution in [0.4, 0.5) is 13.2 Å². The number of hydrogen-bond acceptors (Lipinski definition) is 4. The van der Waals surface area contributed by atoms with E-state index in [1.807, 2.05) is 0 Å². The lowest BCUT2D eigenvalue weighted by molar-refractivity contribution is -0.137. The molecule has 1 heterocycles. The maximum absolute atomic E-state index is 13.1. The number of allylic oxidation sites excluding steroid dienone is 2. The molecule has 7 heteroatoms. The van der Waals surface area contributed by atoms with E-state index < -0.39 is 23.9 Å². The highest BCUT2D eigenvalue weighted by Gasteiger charge is 2.34. The van der Waals surface area contributed by atoms with Gasteiger partial charge in [0, 0.05) is 0 Å². The van der Waals surface area contributed by atoms with Crippen molar-refractivity contribution in [1.29, 1.82) is 0 Å². The van der Waals surface area contributed by atoms with E-state index in [2.05, 4.69) is 5.32 Å². The molecule has 0 saturated heterocycles. The summed E-state index contributed by atoms with van der Waals surface area (Å²) in [5.74, 6) is 0.347. The van der Waals surface area contributed by atoms with Crippen molar-refractivity contribution in [2.75, 3.05) is 7.11 Å². The molecule has 0 saturated carbocycles. The van der Waals surface area contributed by atoms with Crippen molar-refractivity contribution in [3.8, 4) is 5.75 Å². The van der Waals surface area contributed by atoms with Crippen LogP contribution in [-0.2, 0) is 6.18 Å². The van der Waals surface area contributed by atoms with E-state index in [1.54, 1.807) is 12.2 Å². The largest absolute Gasteiger partial charge is 0.497 e. The summed E-state index contributed by atoms with van der Waals surface area (Å²) in [6, 6.07) is 3.20. The summed E-state index contributed by atoms with van der Waals surface area (Å²) in [6.45, 7) is 0. The highest BCUT2D eigenvalue weighted by atomic mass is 19.4. The highest BCUT2D eigenvalue weighted by Crippen LogP contribution is 2.37. The van der Waals surface area contributed by atoms with Gasteiger partial charge in [-0.05, 0) is 41.6 Å². The maximum atomic E-state index is 13.1. The Morgan fingerprint density at radius 2 is 2.00 bits per heavy atom. The molecule has 0 fully saturated rings. The van der Waals surface area contributed by atoms with E-state index >= 15 is 0 Å². The zero-order valence-electron chi connectivity index (χ0n) is 11.3. The number of benzene rings is 1. The second-order valence-electron chi connectivity index (χ2n) is 4.63. The standard InChI is InChI=1S/C14H16F3N3O/c1-21-9-2-3-11(14(15,16)17)10(7-9)8-4-5-20-12(6-8)13(18)19/h2-7,12-13,20H,18-19H2,1H3. The van der Waals surface area contributed by atoms with Crippen LogP contribution >= 0.6 is 0 Å². The molecule has 21 heavy (non-hydrogen) atoms. The van der Waals surface area contributed by atoms with E-state index in [1.165, 1.54) is 25.4 Å². The van der Waals surface area contributed by atoms with Gasteiger partial charge in [-0.1, -0.05) is 6.08 Å². The van der Waals surface area contributed by atoms with E-state index in [4.69, 9.17) is 16.2 Å². The van der Waals surface area contributed by atoms with Crippen LogP contribution < -0.4 is 21.5 Å². The van der Waals surface area contributed by atoms with Crippen LogP contribution in [-0.4, -0.2) is 19.3 Å². The number of dihydropyridines is 1. The van der Waals surface area contributed by atoms with Gasteiger partial charge in [-0.3, -0.25) is 0 Å². The normalized spacial score (nSPS) is 18.4. The van der Waals surface area contributed by atoms with Crippen LogP contribution in [0.2, 0.25) is 0 Å². The zero-order chi connectivity index (χ0) is 15.6. The molecule has 0 aromatic heterocycles. The van der Waals surface area contributed by atoms with Gasteiger partial charge in [-0.25, -0.2) is 0 Å². The van der Waals surface area contributed by atoms with Crippen molar-refractivity contribution in [3.63, 3.8) is 0 Å². The second kappa shape index (κ2) is 5.79. The van der Waals surface area contributed by atoms with Crippen LogP contribution in [0.5, 0.6) is 5.75 Å². The van der Waals surface area contributed by atoms with Gasteiger partial charge in [0.25, 0.3) is 0 Å². The molecule has 0 bridgehead atoms. The lowest BCUT2D eigenvalue weighted by Crippen LogP contribution is -2.48. The van der Waals surface area contributed by atoms with Gasteiger partial charge in [-0.15, -0.1) is 0 Å². The zero-order valence-corrected chi connectivity index (χ0v) is 11.3. The summed E-state index contributed by atoms with van der Waals surface area (Å²) in [5, 5.41) is 2.89. The number of nitrogens with one attached hydrogen (secondary N) is 1. The van der Waals surface area contributed by atoms with Gasteiger partial charge in [0.15, 0.2) is 0 Å². The molecule has 5 N–H and O–H groups in total. The number of nitrogens with two attached hydrogens (primary N) is 2. The molecule has 114 valence electrons. The van der Waals surface area contributed by atoms with Crippen LogP contribution in [0.1, 0.15) is 11.1 Å². The first-order chi connectivity index (χ1) is 9.82. The Bertz CT molecular complexity index is 579. The molecule has 1 aromatic carbocycles. The summed E-state index contributed by atoms with van der Waals surface area (Å²) in [6.07, 6.45) is -0.518. The molecule has 0 aliphatic carbocycles. The maximum Gasteiger partial charge on any atom is 0.417 e. The van der Waals surface area contributed by atoms with Crippen molar-refractivity contribution in [2.45, 2.75) is 18.4 Å². The van der Waals surface area contributed by atoms with Crippen LogP contribution in [0.3, 0.4) is 0 Å². The Morgan fingerprint density at radius 3 is 2.57 bits per heavy atom. The fourth-order valence-corrected chi connectivity index (χ4v) is 2.08. The topological polar surface area (TPSA) is 73.3 Å². The molecule has 1 aromatic rings. The SMILES string of the molecule is COc1ccc(C(F)(F)F)c(C2=CC(C(N)N)NC=C2)c1. The molecular weight excluding hydrogens is 283 g/mol. The Balaban J connectivity index is 2.53. The minimum absolute atomic E-state index is 0.0326. The molecule has 0 radical (unpaired) electrons. The quantitative estimate of drug-likeness (QED) is 0.745. The van der Waals surface area contributed by atoms with Gasteiger partial charge in [0.05, 0.1) is 24.9 Å². The van der Waals surface area contributed by atoms with Gasteiger partial charge < -0.3 is 21.5 Å². The fourth-order valence-electron chi connectivity index (χ4n) is 2.08. The van der Waals surface area contributed by atoms with E-state index in [0.717, 1.165) is 6.07 Å². The number of halogens is 3. The predicted molar refractivity (Wildman–Crippen MR) is 74.2 cm³/mol. The van der Waals surface area contributed by atoms with Crippen LogP contribution in [0.25, 0.3) is 5.57 Å². The van der Waals surface area contributed by atoms with E-state index in [0.29, 0.717) is 11.3 Å². The molecule has 1 aliphatic heterocycles.